The highest BCUT2D eigenvalue weighted by molar-refractivity contribution is 5.91. The Bertz CT molecular complexity index is 845. The average molecular weight is 465 g/mol. The molecule has 2 saturated heterocycles. The number of hydrogen-bond acceptors (Lipinski definition) is 8. The summed E-state index contributed by atoms with van der Waals surface area (Å²) >= 11 is 0. The zero-order valence-corrected chi connectivity index (χ0v) is 20.3. The summed E-state index contributed by atoms with van der Waals surface area (Å²) in [5.74, 6) is -0.633. The van der Waals surface area contributed by atoms with Gasteiger partial charge in [0.1, 0.15) is 25.4 Å². The van der Waals surface area contributed by atoms with Crippen LogP contribution in [0.2, 0.25) is 0 Å². The topological polar surface area (TPSA) is 101 Å². The highest BCUT2D eigenvalue weighted by Crippen LogP contribution is 2.66. The van der Waals surface area contributed by atoms with Gasteiger partial charge in [-0.05, 0) is 49.4 Å². The van der Waals surface area contributed by atoms with Gasteiger partial charge in [-0.2, -0.15) is 0 Å². The van der Waals surface area contributed by atoms with Gasteiger partial charge in [0, 0.05) is 26.4 Å². The van der Waals surface area contributed by atoms with Gasteiger partial charge in [-0.25, -0.2) is 4.79 Å². The number of allylic oxidation sites excluding steroid dienone is 1. The lowest BCUT2D eigenvalue weighted by atomic mass is 9.45. The SMILES string of the molecule is CO[C@@H]1COC(=O)/C1=C/C[C@H]1[C@]2(CCC3[C@](C)(COC(C)=O)[C@H](OC(C)=O)CC[C@@]31C)CO2. The molecule has 184 valence electrons. The van der Waals surface area contributed by atoms with Gasteiger partial charge in [-0.15, -0.1) is 0 Å². The summed E-state index contributed by atoms with van der Waals surface area (Å²) in [6.07, 6.45) is 5.35. The van der Waals surface area contributed by atoms with Crippen molar-refractivity contribution in [2.75, 3.05) is 26.9 Å². The maximum Gasteiger partial charge on any atom is 0.336 e. The molecule has 0 N–H and O–H groups in total. The van der Waals surface area contributed by atoms with Crippen LogP contribution in [0, 0.1) is 22.7 Å². The fourth-order valence-electron chi connectivity index (χ4n) is 7.04. The van der Waals surface area contributed by atoms with Crippen LogP contribution in [0.25, 0.3) is 0 Å². The van der Waals surface area contributed by atoms with Crippen molar-refractivity contribution in [3.63, 3.8) is 0 Å². The second kappa shape index (κ2) is 8.69. The summed E-state index contributed by atoms with van der Waals surface area (Å²) in [4.78, 5) is 35.8. The highest BCUT2D eigenvalue weighted by atomic mass is 16.6. The Balaban J connectivity index is 1.66. The van der Waals surface area contributed by atoms with E-state index >= 15 is 0 Å². The van der Waals surface area contributed by atoms with Gasteiger partial charge in [-0.1, -0.05) is 19.9 Å². The molecule has 7 atom stereocenters. The van der Waals surface area contributed by atoms with E-state index in [1.54, 1.807) is 7.11 Å². The summed E-state index contributed by atoms with van der Waals surface area (Å²) in [5, 5.41) is 0. The monoisotopic (exact) mass is 464 g/mol. The molecule has 33 heavy (non-hydrogen) atoms. The van der Waals surface area contributed by atoms with E-state index in [2.05, 4.69) is 13.8 Å². The molecule has 2 saturated carbocycles. The number of epoxide rings is 1. The molecule has 4 rings (SSSR count). The Morgan fingerprint density at radius 2 is 1.88 bits per heavy atom. The number of methoxy groups -OCH3 is 1. The van der Waals surface area contributed by atoms with Gasteiger partial charge < -0.3 is 23.7 Å². The predicted molar refractivity (Wildman–Crippen MR) is 117 cm³/mol. The van der Waals surface area contributed by atoms with Crippen LogP contribution in [0.1, 0.15) is 59.8 Å². The lowest BCUT2D eigenvalue weighted by molar-refractivity contribution is -0.201. The number of fused-ring (bicyclic) bond motifs is 1. The standard InChI is InChI=1S/C25H36O8/c1-15(26)31-13-24(4)19-8-11-25(14-32-25)20(7-6-17-18(29-5)12-30-22(17)28)23(19,3)10-9-21(24)33-16(2)27/h6,18-21H,7-14H2,1-5H3/b17-6+/t18-,19?,20-,21-,23+,24+,25+/m1/s1. The Kier molecular flexibility index (Phi) is 6.37. The van der Waals surface area contributed by atoms with Crippen LogP contribution in [0.5, 0.6) is 0 Å². The van der Waals surface area contributed by atoms with Crippen LogP contribution >= 0.6 is 0 Å². The van der Waals surface area contributed by atoms with E-state index in [1.165, 1.54) is 13.8 Å². The molecule has 1 unspecified atom stereocenters. The van der Waals surface area contributed by atoms with Gasteiger partial charge in [0.05, 0.1) is 17.8 Å². The largest absolute Gasteiger partial charge is 0.465 e. The van der Waals surface area contributed by atoms with E-state index in [4.69, 9.17) is 23.7 Å². The Morgan fingerprint density at radius 3 is 2.48 bits per heavy atom. The van der Waals surface area contributed by atoms with Gasteiger partial charge >= 0.3 is 17.9 Å². The van der Waals surface area contributed by atoms with Gasteiger partial charge in [0.15, 0.2) is 0 Å². The van der Waals surface area contributed by atoms with Crippen LogP contribution in [0.3, 0.4) is 0 Å². The first kappa shape index (κ1) is 24.2. The minimum atomic E-state index is -0.506. The average Bonchev–Trinajstić information content (AvgIpc) is 3.43. The number of ether oxygens (including phenoxy) is 5. The lowest BCUT2D eigenvalue weighted by Gasteiger charge is -2.61. The number of esters is 3. The third kappa shape index (κ3) is 4.20. The summed E-state index contributed by atoms with van der Waals surface area (Å²) in [6.45, 7) is 8.38. The smallest absolute Gasteiger partial charge is 0.336 e. The van der Waals surface area contributed by atoms with Crippen molar-refractivity contribution in [3.8, 4) is 0 Å². The molecule has 0 aromatic rings. The number of rotatable bonds is 6. The van der Waals surface area contributed by atoms with E-state index in [9.17, 15) is 14.4 Å². The normalized spacial score (nSPS) is 43.2. The lowest BCUT2D eigenvalue weighted by Crippen LogP contribution is -2.61. The minimum Gasteiger partial charge on any atom is -0.465 e. The molecule has 0 aromatic heterocycles. The summed E-state index contributed by atoms with van der Waals surface area (Å²) in [6, 6.07) is 0. The molecule has 8 nitrogen and oxygen atoms in total. The first-order valence-electron chi connectivity index (χ1n) is 11.9. The van der Waals surface area contributed by atoms with E-state index in [0.29, 0.717) is 18.4 Å². The van der Waals surface area contributed by atoms with Gasteiger partial charge in [0.2, 0.25) is 0 Å². The summed E-state index contributed by atoms with van der Waals surface area (Å²) in [7, 11) is 1.58. The van der Waals surface area contributed by atoms with Gasteiger partial charge in [0.25, 0.3) is 0 Å². The molecule has 4 aliphatic rings. The third-order valence-electron chi connectivity index (χ3n) is 8.78. The van der Waals surface area contributed by atoms with Crippen molar-refractivity contribution in [2.24, 2.45) is 22.7 Å². The first-order chi connectivity index (χ1) is 15.6. The number of carbonyl (C=O) groups excluding carboxylic acids is 3. The van der Waals surface area contributed by atoms with Crippen molar-refractivity contribution in [3.05, 3.63) is 11.6 Å². The Hall–Kier alpha value is -1.93. The minimum absolute atomic E-state index is 0.136. The van der Waals surface area contributed by atoms with E-state index in [-0.39, 0.29) is 66.2 Å². The van der Waals surface area contributed by atoms with E-state index < -0.39 is 5.41 Å². The molecular weight excluding hydrogens is 428 g/mol. The summed E-state index contributed by atoms with van der Waals surface area (Å²) in [5.41, 5.74) is -0.254. The van der Waals surface area contributed by atoms with Gasteiger partial charge in [-0.3, -0.25) is 9.59 Å². The second-order valence-corrected chi connectivity index (χ2v) is 10.6. The fraction of sp³-hybridized carbons (Fsp3) is 0.800. The maximum absolute atomic E-state index is 12.3. The molecule has 0 amide bonds. The maximum atomic E-state index is 12.3. The van der Waals surface area contributed by atoms with Crippen molar-refractivity contribution in [2.45, 2.75) is 77.6 Å². The predicted octanol–water partition coefficient (Wildman–Crippen LogP) is 2.97. The molecule has 2 aliphatic carbocycles. The third-order valence-corrected chi connectivity index (χ3v) is 8.78. The fourth-order valence-corrected chi connectivity index (χ4v) is 7.04. The van der Waals surface area contributed by atoms with Crippen molar-refractivity contribution in [1.82, 2.24) is 0 Å². The number of hydrogen-bond donors (Lipinski definition) is 0. The van der Waals surface area contributed by atoms with Crippen molar-refractivity contribution < 1.29 is 38.1 Å². The van der Waals surface area contributed by atoms with E-state index in [0.717, 1.165) is 25.9 Å². The van der Waals surface area contributed by atoms with Crippen LogP contribution in [0.4, 0.5) is 0 Å². The van der Waals surface area contributed by atoms with Crippen LogP contribution in [0.15, 0.2) is 11.6 Å². The molecule has 0 aromatic carbocycles. The molecule has 2 heterocycles. The molecule has 0 bridgehead atoms. The van der Waals surface area contributed by atoms with Crippen LogP contribution in [-0.4, -0.2) is 62.6 Å². The Morgan fingerprint density at radius 1 is 1.15 bits per heavy atom. The Labute approximate surface area is 195 Å². The molecule has 8 heteroatoms. The number of carbonyl (C=O) groups is 3. The van der Waals surface area contributed by atoms with Crippen LogP contribution < -0.4 is 0 Å². The zero-order valence-electron chi connectivity index (χ0n) is 20.3. The summed E-state index contributed by atoms with van der Waals surface area (Å²) < 4.78 is 28.0. The quantitative estimate of drug-likeness (QED) is 0.256. The molecule has 1 spiro atoms. The van der Waals surface area contributed by atoms with Crippen molar-refractivity contribution >= 4 is 17.9 Å². The molecular formula is C25H36O8. The zero-order chi connectivity index (χ0) is 24.0. The van der Waals surface area contributed by atoms with Crippen LogP contribution in [-0.2, 0) is 38.1 Å². The molecule has 4 fully saturated rings. The number of cyclic esters (lactones) is 1. The van der Waals surface area contributed by atoms with E-state index in [1.807, 2.05) is 6.08 Å². The van der Waals surface area contributed by atoms with Crippen molar-refractivity contribution in [1.29, 1.82) is 0 Å². The highest BCUT2D eigenvalue weighted by Gasteiger charge is 2.67. The second-order valence-electron chi connectivity index (χ2n) is 10.6. The molecule has 2 aliphatic heterocycles. The first-order valence-corrected chi connectivity index (χ1v) is 11.9. The molecule has 0 radical (unpaired) electrons.